The number of aliphatic hydroxyl groups excluding tert-OH is 2. The maximum atomic E-state index is 14.4. The van der Waals surface area contributed by atoms with E-state index in [4.69, 9.17) is 23.7 Å². The molecule has 15 atom stereocenters. The van der Waals surface area contributed by atoms with E-state index < -0.39 is 83.9 Å². The number of methoxy groups -OCH3 is 3. The van der Waals surface area contributed by atoms with E-state index >= 15 is 0 Å². The molecule has 0 aromatic heterocycles. The van der Waals surface area contributed by atoms with Crippen LogP contribution in [0.25, 0.3) is 0 Å². The predicted molar refractivity (Wildman–Crippen MR) is 245 cm³/mol. The number of aliphatic hydroxyl groups is 3. The van der Waals surface area contributed by atoms with E-state index in [1.165, 1.54) is 12.0 Å². The number of Topliss-reactive ketones (excluding diaryl/α,β-unsaturated/α-hetero) is 3. The van der Waals surface area contributed by atoms with Crippen LogP contribution in [0.3, 0.4) is 0 Å². The molecule has 0 radical (unpaired) electrons. The first kappa shape index (κ1) is 54.2. The van der Waals surface area contributed by atoms with Crippen LogP contribution in [0.2, 0.25) is 0 Å². The van der Waals surface area contributed by atoms with Gasteiger partial charge in [-0.1, -0.05) is 71.1 Å². The van der Waals surface area contributed by atoms with E-state index in [0.29, 0.717) is 63.4 Å². The van der Waals surface area contributed by atoms with Gasteiger partial charge in [0.25, 0.3) is 11.7 Å². The van der Waals surface area contributed by atoms with Gasteiger partial charge in [-0.3, -0.25) is 19.2 Å². The number of nitrogens with zero attached hydrogens (tertiary/aromatic N) is 1. The number of fused-ring (bicyclic) bond motifs is 3. The van der Waals surface area contributed by atoms with Gasteiger partial charge in [0.2, 0.25) is 5.79 Å². The molecule has 2 bridgehead atoms. The number of ketones is 3. The molecular formula is C51H79NO13. The van der Waals surface area contributed by atoms with Crippen molar-refractivity contribution in [3.63, 3.8) is 0 Å². The Morgan fingerprint density at radius 3 is 2.25 bits per heavy atom. The minimum absolute atomic E-state index is 0.0193. The molecule has 2 saturated heterocycles. The average molecular weight is 914 g/mol. The number of carbonyl (C=O) groups is 5. The smallest absolute Gasteiger partial charge is 0.329 e. The monoisotopic (exact) mass is 914 g/mol. The first-order chi connectivity index (χ1) is 30.7. The highest BCUT2D eigenvalue weighted by Crippen LogP contribution is 2.38. The van der Waals surface area contributed by atoms with Crippen molar-refractivity contribution in [2.24, 2.45) is 35.5 Å². The Bertz CT molecular complexity index is 1760. The molecule has 366 valence electrons. The van der Waals surface area contributed by atoms with Gasteiger partial charge in [-0.05, 0) is 107 Å². The molecule has 4 aliphatic rings. The zero-order valence-corrected chi connectivity index (χ0v) is 40.6. The van der Waals surface area contributed by atoms with Crippen molar-refractivity contribution in [1.82, 2.24) is 4.90 Å². The molecule has 0 spiro atoms. The van der Waals surface area contributed by atoms with E-state index in [1.807, 2.05) is 58.1 Å². The fourth-order valence-electron chi connectivity index (χ4n) is 10.1. The Hall–Kier alpha value is -3.37. The van der Waals surface area contributed by atoms with Gasteiger partial charge >= 0.3 is 5.97 Å². The number of carbonyl (C=O) groups excluding carboxylic acids is 5. The molecule has 3 fully saturated rings. The molecule has 3 heterocycles. The molecule has 3 N–H and O–H groups in total. The van der Waals surface area contributed by atoms with Crippen LogP contribution in [-0.4, -0.2) is 132 Å². The van der Waals surface area contributed by atoms with Crippen LogP contribution < -0.4 is 0 Å². The number of ether oxygens (including phenoxy) is 5. The lowest BCUT2D eigenvalue weighted by Crippen LogP contribution is -2.61. The lowest BCUT2D eigenvalue weighted by Gasteiger charge is -2.42. The second kappa shape index (κ2) is 25.1. The number of rotatable bonds is 6. The van der Waals surface area contributed by atoms with Crippen molar-refractivity contribution in [2.45, 2.75) is 180 Å². The summed E-state index contributed by atoms with van der Waals surface area (Å²) in [4.78, 5) is 71.8. The zero-order chi connectivity index (χ0) is 48.2. The van der Waals surface area contributed by atoms with Crippen molar-refractivity contribution in [2.75, 3.05) is 27.9 Å². The summed E-state index contributed by atoms with van der Waals surface area (Å²) in [6.07, 6.45) is 11.2. The minimum Gasteiger partial charge on any atom is -0.460 e. The zero-order valence-electron chi connectivity index (χ0n) is 40.6. The van der Waals surface area contributed by atoms with Crippen LogP contribution >= 0.6 is 0 Å². The summed E-state index contributed by atoms with van der Waals surface area (Å²) in [5.74, 6) is -7.96. The van der Waals surface area contributed by atoms with Crippen LogP contribution in [0.1, 0.15) is 126 Å². The highest BCUT2D eigenvalue weighted by atomic mass is 16.6. The second-order valence-electron chi connectivity index (χ2n) is 19.6. The van der Waals surface area contributed by atoms with Crippen molar-refractivity contribution >= 4 is 29.2 Å². The largest absolute Gasteiger partial charge is 0.460 e. The van der Waals surface area contributed by atoms with Crippen LogP contribution in [0.5, 0.6) is 0 Å². The van der Waals surface area contributed by atoms with Gasteiger partial charge in [-0.2, -0.15) is 0 Å². The van der Waals surface area contributed by atoms with Crippen LogP contribution in [-0.2, 0) is 47.7 Å². The number of hydrogen-bond acceptors (Lipinski definition) is 13. The Morgan fingerprint density at radius 1 is 0.846 bits per heavy atom. The summed E-state index contributed by atoms with van der Waals surface area (Å²) in [7, 11) is 4.52. The third kappa shape index (κ3) is 14.3. The molecular weight excluding hydrogens is 835 g/mol. The van der Waals surface area contributed by atoms with E-state index in [2.05, 4.69) is 0 Å². The predicted octanol–water partition coefficient (Wildman–Crippen LogP) is 6.18. The number of amides is 1. The first-order valence-electron chi connectivity index (χ1n) is 23.9. The SMILES string of the molecule is CO[C@H]1C[C@@H]2CC[C@@H](C)[C@@](O)(O2)C(=O)C(=O)N2CCCC[C@H]2C(=O)O[C@H]([C@H](C)C[C@@H]2CC[C@@H](O)[C@H](OC)C2)CC(=O)[C@H](C)/C=C(\C)[C@@H](O)[C@@H](OC)C(=O)[C@H](C)C[C@@H](C)/C=C/C=CC=C1C. The normalized spacial score (nSPS) is 39.1. The lowest BCUT2D eigenvalue weighted by molar-refractivity contribution is -0.265. The summed E-state index contributed by atoms with van der Waals surface area (Å²) >= 11 is 0. The molecule has 0 aromatic carbocycles. The third-order valence-electron chi connectivity index (χ3n) is 14.5. The molecule has 0 aromatic rings. The number of hydrogen-bond donors (Lipinski definition) is 3. The van der Waals surface area contributed by atoms with Gasteiger partial charge in [-0.15, -0.1) is 0 Å². The Kier molecular flexibility index (Phi) is 21.0. The Balaban J connectivity index is 1.70. The van der Waals surface area contributed by atoms with Crippen molar-refractivity contribution < 1.29 is 63.0 Å². The van der Waals surface area contributed by atoms with Gasteiger partial charge in [-0.25, -0.2) is 4.79 Å². The topological polar surface area (TPSA) is 195 Å². The van der Waals surface area contributed by atoms with Crippen molar-refractivity contribution in [3.8, 4) is 0 Å². The molecule has 4 rings (SSSR count). The molecule has 1 aliphatic carbocycles. The fourth-order valence-corrected chi connectivity index (χ4v) is 10.1. The summed E-state index contributed by atoms with van der Waals surface area (Å²) in [5, 5.41) is 33.8. The molecule has 3 aliphatic heterocycles. The molecule has 1 amide bonds. The summed E-state index contributed by atoms with van der Waals surface area (Å²) in [5.41, 5.74) is 1.27. The van der Waals surface area contributed by atoms with Gasteiger partial charge < -0.3 is 43.9 Å². The minimum atomic E-state index is -2.43. The number of esters is 1. The number of piperidine rings is 1. The standard InChI is InChI=1S/C51H79NO13/c1-30-16-12-11-13-17-31(2)42(61-8)28-38-21-19-36(7)51(60,65-38)48(57)49(58)52-23-15-14-18-39(52)50(59)64-43(33(4)26-37-20-22-40(53)44(27-37)62-9)29-41(54)32(3)25-35(6)46(56)47(63-10)45(55)34(5)24-30/h11-13,16-17,25,30,32-34,36-40,42-44,46-47,53,56,60H,14-15,18-24,26-29H2,1-10H3/b13-11?,16-12+,31-17?,35-25+/t30-,32+,33+,34+,36+,37-,38-,39-,40+,42-,43-,44+,46+,47-,51+/m0/s1. The van der Waals surface area contributed by atoms with Crippen molar-refractivity contribution in [1.29, 1.82) is 0 Å². The first-order valence-corrected chi connectivity index (χ1v) is 23.9. The van der Waals surface area contributed by atoms with Crippen LogP contribution in [0, 0.1) is 35.5 Å². The van der Waals surface area contributed by atoms with E-state index in [1.54, 1.807) is 41.1 Å². The quantitative estimate of drug-likeness (QED) is 0.156. The van der Waals surface area contributed by atoms with E-state index in [0.717, 1.165) is 12.0 Å². The van der Waals surface area contributed by atoms with Gasteiger partial charge in [0.1, 0.15) is 30.1 Å². The molecule has 14 nitrogen and oxygen atoms in total. The van der Waals surface area contributed by atoms with E-state index in [-0.39, 0.29) is 54.8 Å². The van der Waals surface area contributed by atoms with E-state index in [9.17, 15) is 39.3 Å². The van der Waals surface area contributed by atoms with Crippen LogP contribution in [0.4, 0.5) is 0 Å². The number of cyclic esters (lactones) is 1. The lowest BCUT2D eigenvalue weighted by atomic mass is 9.78. The Labute approximate surface area is 387 Å². The molecule has 14 heteroatoms. The Morgan fingerprint density at radius 2 is 1.57 bits per heavy atom. The van der Waals surface area contributed by atoms with Crippen molar-refractivity contribution in [3.05, 3.63) is 47.6 Å². The summed E-state index contributed by atoms with van der Waals surface area (Å²) in [6.45, 7) is 12.7. The molecule has 1 saturated carbocycles. The molecule has 0 unspecified atom stereocenters. The number of allylic oxidation sites excluding steroid dienone is 6. The van der Waals surface area contributed by atoms with Gasteiger partial charge in [0.15, 0.2) is 5.78 Å². The highest BCUT2D eigenvalue weighted by Gasteiger charge is 2.53. The maximum absolute atomic E-state index is 14.4. The average Bonchev–Trinajstić information content (AvgIpc) is 3.28. The summed E-state index contributed by atoms with van der Waals surface area (Å²) < 4.78 is 29.4. The molecule has 65 heavy (non-hydrogen) atoms. The third-order valence-corrected chi connectivity index (χ3v) is 14.5. The summed E-state index contributed by atoms with van der Waals surface area (Å²) in [6, 6.07) is -1.14. The highest BCUT2D eigenvalue weighted by molar-refractivity contribution is 6.39. The van der Waals surface area contributed by atoms with Gasteiger partial charge in [0.05, 0.1) is 24.4 Å². The fraction of sp³-hybridized carbons (Fsp3) is 0.745. The van der Waals surface area contributed by atoms with Crippen LogP contribution in [0.15, 0.2) is 47.6 Å². The second-order valence-corrected chi connectivity index (χ2v) is 19.6. The maximum Gasteiger partial charge on any atom is 0.329 e. The van der Waals surface area contributed by atoms with Gasteiger partial charge in [0, 0.05) is 58.5 Å².